The maximum Gasteiger partial charge on any atom is 0.115 e. The molecule has 0 heterocycles. The Bertz CT molecular complexity index is 1200. The average molecular weight is 348 g/mol. The summed E-state index contributed by atoms with van der Waals surface area (Å²) in [7, 11) is 6.49. The van der Waals surface area contributed by atoms with E-state index in [1.807, 2.05) is 0 Å². The van der Waals surface area contributed by atoms with E-state index in [9.17, 15) is 0 Å². The van der Waals surface area contributed by atoms with E-state index in [-0.39, 0.29) is 13.5 Å². The number of hydrogen-bond acceptors (Lipinski definition) is 0. The Balaban J connectivity index is 0.00000168. The van der Waals surface area contributed by atoms with Crippen LogP contribution in [0.5, 0.6) is 0 Å². The first-order valence-corrected chi connectivity index (χ1v) is 8.51. The van der Waals surface area contributed by atoms with E-state index in [4.69, 9.17) is 7.85 Å². The molecule has 0 aliphatic rings. The average Bonchev–Trinajstić information content (AvgIpc) is 2.68. The third-order valence-corrected chi connectivity index (χ3v) is 5.01. The highest BCUT2D eigenvalue weighted by molar-refractivity contribution is 7.59. The Morgan fingerprint density at radius 3 is 1.62 bits per heavy atom. The zero-order valence-corrected chi connectivity index (χ0v) is 15.2. The maximum atomic E-state index is 6.49. The molecule has 0 aliphatic heterocycles. The molecule has 0 atom stereocenters. The number of hydrogen-bond donors (Lipinski definition) is 0. The zero-order chi connectivity index (χ0) is 16.8. The molecule has 26 heavy (non-hydrogen) atoms. The van der Waals surface area contributed by atoms with Crippen LogP contribution in [0.4, 0.5) is 0 Å². The van der Waals surface area contributed by atoms with Gasteiger partial charge in [0.25, 0.3) is 0 Å². The van der Waals surface area contributed by atoms with Gasteiger partial charge < -0.3 is 0 Å². The van der Waals surface area contributed by atoms with Crippen LogP contribution in [-0.4, -0.2) is 7.85 Å². The van der Waals surface area contributed by atoms with Crippen molar-refractivity contribution in [3.05, 3.63) is 91.0 Å². The van der Waals surface area contributed by atoms with Crippen LogP contribution in [0.2, 0.25) is 0 Å². The molecule has 0 nitrogen and oxygen atoms in total. The zero-order valence-electron chi connectivity index (χ0n) is 14.2. The molecule has 5 rings (SSSR count). The highest BCUT2D eigenvalue weighted by Crippen LogP contribution is 2.36. The van der Waals surface area contributed by atoms with E-state index in [1.54, 1.807) is 0 Å². The van der Waals surface area contributed by atoms with Gasteiger partial charge in [0.2, 0.25) is 0 Å². The summed E-state index contributed by atoms with van der Waals surface area (Å²) in [5.41, 5.74) is 3.34. The van der Waals surface area contributed by atoms with Crippen LogP contribution in [0.15, 0.2) is 91.0 Å². The predicted octanol–water partition coefficient (Wildman–Crippen LogP) is 5.72. The number of rotatable bonds is 1. The maximum absolute atomic E-state index is 6.49. The van der Waals surface area contributed by atoms with Gasteiger partial charge in [-0.3, -0.25) is 0 Å². The van der Waals surface area contributed by atoms with E-state index >= 15 is 0 Å². The van der Waals surface area contributed by atoms with E-state index in [2.05, 4.69) is 91.0 Å². The van der Waals surface area contributed by atoms with Crippen LogP contribution in [-0.2, 0) is 0 Å². The highest BCUT2D eigenvalue weighted by Gasteiger charge is 2.12. The van der Waals surface area contributed by atoms with Crippen LogP contribution in [0, 0.1) is 0 Å². The van der Waals surface area contributed by atoms with Gasteiger partial charge in [-0.15, -0.1) is 0 Å². The van der Waals surface area contributed by atoms with Crippen molar-refractivity contribution in [1.82, 2.24) is 0 Å². The van der Waals surface area contributed by atoms with Crippen molar-refractivity contribution in [3.63, 3.8) is 0 Å². The predicted molar refractivity (Wildman–Crippen MR) is 120 cm³/mol. The van der Waals surface area contributed by atoms with Gasteiger partial charge in [-0.2, -0.15) is 13.5 Å². The molecule has 0 saturated heterocycles. The summed E-state index contributed by atoms with van der Waals surface area (Å²) >= 11 is 0. The summed E-state index contributed by atoms with van der Waals surface area (Å²) in [6, 6.07) is 32.0. The second-order valence-electron chi connectivity index (χ2n) is 6.44. The fraction of sp³-hybridized carbons (Fsp3) is 0. The third-order valence-electron chi connectivity index (χ3n) is 5.01. The first-order valence-electron chi connectivity index (χ1n) is 8.51. The van der Waals surface area contributed by atoms with Gasteiger partial charge in [-0.25, -0.2) is 0 Å². The standard InChI is InChI=1S/C24H15B.H2S/c25-24-21-11-5-3-9-19(21)23(20-10-4-6-12-22(20)24)18-14-13-16-7-1-2-8-17(16)15-18;/h1-15H;1H2. The molecule has 5 aromatic rings. The van der Waals surface area contributed by atoms with E-state index in [0.29, 0.717) is 0 Å². The molecule has 0 bridgehead atoms. The monoisotopic (exact) mass is 348 g/mol. The van der Waals surface area contributed by atoms with Gasteiger partial charge in [-0.1, -0.05) is 90.4 Å². The lowest BCUT2D eigenvalue weighted by Gasteiger charge is -2.16. The Morgan fingerprint density at radius 2 is 1.00 bits per heavy atom. The molecule has 0 N–H and O–H groups in total. The van der Waals surface area contributed by atoms with Gasteiger partial charge in [0.1, 0.15) is 7.85 Å². The van der Waals surface area contributed by atoms with Crippen molar-refractivity contribution in [2.24, 2.45) is 0 Å². The van der Waals surface area contributed by atoms with Crippen molar-refractivity contribution < 1.29 is 0 Å². The van der Waals surface area contributed by atoms with Gasteiger partial charge in [0, 0.05) is 0 Å². The molecule has 2 radical (unpaired) electrons. The molecule has 2 heteroatoms. The summed E-state index contributed by atoms with van der Waals surface area (Å²) < 4.78 is 0. The van der Waals surface area contributed by atoms with Crippen LogP contribution in [0.3, 0.4) is 0 Å². The molecule has 122 valence electrons. The molecule has 0 fully saturated rings. The Hall–Kier alpha value is -2.71. The number of benzene rings is 5. The van der Waals surface area contributed by atoms with E-state index in [1.165, 1.54) is 32.7 Å². The fourth-order valence-electron chi connectivity index (χ4n) is 3.82. The minimum atomic E-state index is 0. The quantitative estimate of drug-likeness (QED) is 0.268. The highest BCUT2D eigenvalue weighted by atomic mass is 32.1. The first-order chi connectivity index (χ1) is 12.3. The normalized spacial score (nSPS) is 10.9. The van der Waals surface area contributed by atoms with Crippen molar-refractivity contribution >= 4 is 59.1 Å². The molecular weight excluding hydrogens is 331 g/mol. The summed E-state index contributed by atoms with van der Waals surface area (Å²) in [6.45, 7) is 0. The molecule has 0 saturated carbocycles. The lowest BCUT2D eigenvalue weighted by atomic mass is 9.81. The summed E-state index contributed by atoms with van der Waals surface area (Å²) in [6.07, 6.45) is 0. The Labute approximate surface area is 161 Å². The minimum absolute atomic E-state index is 0. The lowest BCUT2D eigenvalue weighted by Crippen LogP contribution is -2.07. The minimum Gasteiger partial charge on any atom is -0.197 e. The molecule has 0 aliphatic carbocycles. The molecule has 0 unspecified atom stereocenters. The second-order valence-corrected chi connectivity index (χ2v) is 6.44. The van der Waals surface area contributed by atoms with Gasteiger partial charge in [0.15, 0.2) is 0 Å². The SMILES string of the molecule is S.[B]c1c2ccccc2c(-c2ccc3ccccc3c2)c2ccccc12. The van der Waals surface area contributed by atoms with Crippen molar-refractivity contribution in [2.45, 2.75) is 0 Å². The summed E-state index contributed by atoms with van der Waals surface area (Å²) in [5, 5.41) is 7.15. The molecular formula is C24H17BS. The van der Waals surface area contributed by atoms with Crippen LogP contribution in [0.25, 0.3) is 43.4 Å². The second kappa shape index (κ2) is 6.55. The van der Waals surface area contributed by atoms with E-state index in [0.717, 1.165) is 16.2 Å². The fourth-order valence-corrected chi connectivity index (χ4v) is 3.82. The Morgan fingerprint density at radius 1 is 0.500 bits per heavy atom. The molecule has 0 amide bonds. The number of fused-ring (bicyclic) bond motifs is 3. The molecule has 0 spiro atoms. The van der Waals surface area contributed by atoms with Crippen molar-refractivity contribution in [1.29, 1.82) is 0 Å². The van der Waals surface area contributed by atoms with Crippen LogP contribution < -0.4 is 5.46 Å². The molecule has 5 aromatic carbocycles. The van der Waals surface area contributed by atoms with Gasteiger partial charge >= 0.3 is 0 Å². The summed E-state index contributed by atoms with van der Waals surface area (Å²) in [5.74, 6) is 0. The first kappa shape index (κ1) is 16.7. The Kier molecular flexibility index (Phi) is 4.22. The molecule has 0 aromatic heterocycles. The topological polar surface area (TPSA) is 0 Å². The third kappa shape index (κ3) is 2.49. The van der Waals surface area contributed by atoms with Crippen LogP contribution >= 0.6 is 13.5 Å². The van der Waals surface area contributed by atoms with Crippen molar-refractivity contribution in [3.8, 4) is 11.1 Å². The smallest absolute Gasteiger partial charge is 0.115 e. The van der Waals surface area contributed by atoms with Crippen molar-refractivity contribution in [2.75, 3.05) is 0 Å². The van der Waals surface area contributed by atoms with Gasteiger partial charge in [-0.05, 0) is 49.5 Å². The lowest BCUT2D eigenvalue weighted by molar-refractivity contribution is 1.71. The van der Waals surface area contributed by atoms with Crippen LogP contribution in [0.1, 0.15) is 0 Å². The largest absolute Gasteiger partial charge is 0.197 e. The summed E-state index contributed by atoms with van der Waals surface area (Å²) in [4.78, 5) is 0. The van der Waals surface area contributed by atoms with Gasteiger partial charge in [0.05, 0.1) is 0 Å². The van der Waals surface area contributed by atoms with E-state index < -0.39 is 0 Å².